The highest BCUT2D eigenvalue weighted by atomic mass is 32.2. The highest BCUT2D eigenvalue weighted by Gasteiger charge is 2.34. The highest BCUT2D eigenvalue weighted by molar-refractivity contribution is 8.00. The Hall–Kier alpha value is -0.830. The Bertz CT molecular complexity index is 426. The average molecular weight is 252 g/mol. The molecule has 2 N–H and O–H groups in total. The smallest absolute Gasteiger partial charge is 0.158 e. The molecule has 1 aliphatic heterocycles. The second-order valence-corrected chi connectivity index (χ2v) is 6.80. The van der Waals surface area contributed by atoms with Crippen LogP contribution in [0.15, 0.2) is 17.0 Å². The first-order chi connectivity index (χ1) is 7.94. The summed E-state index contributed by atoms with van der Waals surface area (Å²) in [4.78, 5) is 1.12. The predicted molar refractivity (Wildman–Crippen MR) is 72.0 cm³/mol. The van der Waals surface area contributed by atoms with E-state index in [1.807, 2.05) is 11.8 Å². The predicted octanol–water partition coefficient (Wildman–Crippen LogP) is 4.04. The first-order valence-corrected chi connectivity index (χ1v) is 7.05. The zero-order valence-electron chi connectivity index (χ0n) is 10.7. The van der Waals surface area contributed by atoms with Crippen LogP contribution in [-0.4, -0.2) is 15.5 Å². The topological polar surface area (TPSA) is 40.5 Å². The number of thioether (sulfide) groups is 1. The molecule has 1 aromatic rings. The van der Waals surface area contributed by atoms with Crippen molar-refractivity contribution in [3.05, 3.63) is 17.7 Å². The number of fused-ring (bicyclic) bond motifs is 1. The summed E-state index contributed by atoms with van der Waals surface area (Å²) in [5.41, 5.74) is 1.23. The maximum atomic E-state index is 9.62. The molecule has 0 saturated heterocycles. The normalized spacial score (nSPS) is 22.2. The van der Waals surface area contributed by atoms with Crippen molar-refractivity contribution in [2.75, 3.05) is 0 Å². The van der Waals surface area contributed by atoms with Gasteiger partial charge in [-0.15, -0.1) is 11.8 Å². The van der Waals surface area contributed by atoms with Crippen molar-refractivity contribution in [3.8, 4) is 11.5 Å². The van der Waals surface area contributed by atoms with Crippen molar-refractivity contribution < 1.29 is 10.2 Å². The van der Waals surface area contributed by atoms with Gasteiger partial charge in [-0.1, -0.05) is 27.2 Å². The molecule has 0 saturated carbocycles. The summed E-state index contributed by atoms with van der Waals surface area (Å²) in [6, 6.07) is 3.43. The first-order valence-electron chi connectivity index (χ1n) is 6.17. The van der Waals surface area contributed by atoms with Crippen LogP contribution in [0.25, 0.3) is 0 Å². The molecule has 94 valence electrons. The second kappa shape index (κ2) is 4.45. The molecule has 17 heavy (non-hydrogen) atoms. The van der Waals surface area contributed by atoms with Crippen molar-refractivity contribution in [1.82, 2.24) is 0 Å². The standard InChI is InChI=1S/C14H20O2S/c1-4-5-9-8-14(2,3)10-6-11(15)12(16)7-13(10)17-9/h6-7,9,15-16H,4-5,8H2,1-3H3. The van der Waals surface area contributed by atoms with Crippen molar-refractivity contribution in [2.45, 2.75) is 55.6 Å². The Labute approximate surface area is 107 Å². The molecule has 2 rings (SSSR count). The van der Waals surface area contributed by atoms with E-state index in [1.165, 1.54) is 12.8 Å². The molecule has 1 aliphatic rings. The summed E-state index contributed by atoms with van der Waals surface area (Å²) in [5, 5.41) is 19.8. The number of rotatable bonds is 2. The summed E-state index contributed by atoms with van der Waals surface area (Å²) in [5.74, 6) is -0.0180. The molecule has 1 atom stereocenters. The summed E-state index contributed by atoms with van der Waals surface area (Å²) in [7, 11) is 0. The van der Waals surface area contributed by atoms with Gasteiger partial charge in [-0.05, 0) is 36.0 Å². The van der Waals surface area contributed by atoms with E-state index in [9.17, 15) is 10.2 Å². The Balaban J connectivity index is 2.41. The van der Waals surface area contributed by atoms with Gasteiger partial charge < -0.3 is 10.2 Å². The molecule has 1 unspecified atom stereocenters. The summed E-state index contributed by atoms with van der Waals surface area (Å²) in [6.07, 6.45) is 3.52. The number of hydrogen-bond acceptors (Lipinski definition) is 3. The lowest BCUT2D eigenvalue weighted by atomic mass is 9.79. The first kappa shape index (κ1) is 12.6. The van der Waals surface area contributed by atoms with Gasteiger partial charge in [0.15, 0.2) is 11.5 Å². The van der Waals surface area contributed by atoms with E-state index >= 15 is 0 Å². The minimum Gasteiger partial charge on any atom is -0.504 e. The molecule has 3 heteroatoms. The molecular formula is C14H20O2S. The quantitative estimate of drug-likeness (QED) is 0.780. The zero-order valence-corrected chi connectivity index (χ0v) is 11.5. The summed E-state index contributed by atoms with van der Waals surface area (Å²) < 4.78 is 0. The molecule has 0 aliphatic carbocycles. The minimum atomic E-state index is -0.0100. The fourth-order valence-corrected chi connectivity index (χ4v) is 4.42. The summed E-state index contributed by atoms with van der Waals surface area (Å²) >= 11 is 1.84. The van der Waals surface area contributed by atoms with E-state index in [1.54, 1.807) is 12.1 Å². The number of benzene rings is 1. The van der Waals surface area contributed by atoms with Gasteiger partial charge in [-0.3, -0.25) is 0 Å². The van der Waals surface area contributed by atoms with Crippen molar-refractivity contribution in [3.63, 3.8) is 0 Å². The minimum absolute atomic E-state index is 0.00799. The number of aromatic hydroxyl groups is 2. The van der Waals surface area contributed by atoms with Crippen LogP contribution >= 0.6 is 11.8 Å². The maximum Gasteiger partial charge on any atom is 0.158 e. The van der Waals surface area contributed by atoms with Crippen molar-refractivity contribution in [1.29, 1.82) is 0 Å². The van der Waals surface area contributed by atoms with Crippen LogP contribution in [0, 0.1) is 0 Å². The Kier molecular flexibility index (Phi) is 3.30. The van der Waals surface area contributed by atoms with Crippen LogP contribution < -0.4 is 0 Å². The van der Waals surface area contributed by atoms with Crippen molar-refractivity contribution >= 4 is 11.8 Å². The number of phenols is 2. The van der Waals surface area contributed by atoms with Gasteiger partial charge >= 0.3 is 0 Å². The lowest BCUT2D eigenvalue weighted by molar-refractivity contribution is 0.392. The number of phenolic OH excluding ortho intramolecular Hbond substituents is 2. The fraction of sp³-hybridized carbons (Fsp3) is 0.571. The van der Waals surface area contributed by atoms with Gasteiger partial charge in [0.2, 0.25) is 0 Å². The van der Waals surface area contributed by atoms with Gasteiger partial charge in [0.25, 0.3) is 0 Å². The molecule has 0 bridgehead atoms. The Morgan fingerprint density at radius 1 is 1.29 bits per heavy atom. The SMILES string of the molecule is CCCC1CC(C)(C)c2cc(O)c(O)cc2S1. The third-order valence-electron chi connectivity index (χ3n) is 3.45. The van der Waals surface area contributed by atoms with Crippen LogP contribution in [0.3, 0.4) is 0 Å². The van der Waals surface area contributed by atoms with Crippen LogP contribution in [0.1, 0.15) is 45.6 Å². The second-order valence-electron chi connectivity index (χ2n) is 5.45. The zero-order chi connectivity index (χ0) is 12.6. The third kappa shape index (κ3) is 2.39. The summed E-state index contributed by atoms with van der Waals surface area (Å²) in [6.45, 7) is 6.63. The van der Waals surface area contributed by atoms with Crippen molar-refractivity contribution in [2.24, 2.45) is 0 Å². The molecule has 1 aromatic carbocycles. The average Bonchev–Trinajstić information content (AvgIpc) is 2.21. The van der Waals surface area contributed by atoms with Gasteiger partial charge in [-0.2, -0.15) is 0 Å². The van der Waals surface area contributed by atoms with E-state index in [0.29, 0.717) is 5.25 Å². The lowest BCUT2D eigenvalue weighted by Gasteiger charge is -2.37. The van der Waals surface area contributed by atoms with Gasteiger partial charge in [0, 0.05) is 10.1 Å². The van der Waals surface area contributed by atoms with E-state index in [2.05, 4.69) is 20.8 Å². The van der Waals surface area contributed by atoms with E-state index in [0.717, 1.165) is 16.9 Å². The lowest BCUT2D eigenvalue weighted by Crippen LogP contribution is -2.28. The van der Waals surface area contributed by atoms with Crippen LogP contribution in [0.4, 0.5) is 0 Å². The molecule has 0 spiro atoms. The van der Waals surface area contributed by atoms with Crippen LogP contribution in [-0.2, 0) is 5.41 Å². The Morgan fingerprint density at radius 3 is 2.59 bits per heavy atom. The Morgan fingerprint density at radius 2 is 1.94 bits per heavy atom. The highest BCUT2D eigenvalue weighted by Crippen LogP contribution is 2.49. The fourth-order valence-electron chi connectivity index (χ4n) is 2.57. The number of hydrogen-bond donors (Lipinski definition) is 2. The molecule has 0 radical (unpaired) electrons. The molecular weight excluding hydrogens is 232 g/mol. The van der Waals surface area contributed by atoms with Gasteiger partial charge in [-0.25, -0.2) is 0 Å². The van der Waals surface area contributed by atoms with Crippen LogP contribution in [0.2, 0.25) is 0 Å². The molecule has 1 heterocycles. The molecule has 0 amide bonds. The van der Waals surface area contributed by atoms with Gasteiger partial charge in [0.1, 0.15) is 0 Å². The van der Waals surface area contributed by atoms with E-state index in [-0.39, 0.29) is 16.9 Å². The maximum absolute atomic E-state index is 9.62. The molecule has 0 aromatic heterocycles. The van der Waals surface area contributed by atoms with Gasteiger partial charge in [0.05, 0.1) is 0 Å². The van der Waals surface area contributed by atoms with Crippen LogP contribution in [0.5, 0.6) is 11.5 Å². The van der Waals surface area contributed by atoms with E-state index < -0.39 is 0 Å². The largest absolute Gasteiger partial charge is 0.504 e. The third-order valence-corrected chi connectivity index (χ3v) is 4.78. The molecule has 0 fully saturated rings. The van der Waals surface area contributed by atoms with E-state index in [4.69, 9.17) is 0 Å². The molecule has 2 nitrogen and oxygen atoms in total. The monoisotopic (exact) mass is 252 g/mol.